The van der Waals surface area contributed by atoms with Gasteiger partial charge in [-0.25, -0.2) is 4.68 Å². The van der Waals surface area contributed by atoms with E-state index in [0.717, 1.165) is 17.8 Å². The van der Waals surface area contributed by atoms with E-state index in [9.17, 15) is 0 Å². The largest absolute Gasteiger partial charge is 0.366 e. The minimum Gasteiger partial charge on any atom is -0.366 e. The molecule has 2 rings (SSSR count). The van der Waals surface area contributed by atoms with Gasteiger partial charge in [0.2, 0.25) is 5.95 Å². The summed E-state index contributed by atoms with van der Waals surface area (Å²) in [5, 5.41) is 4.03. The van der Waals surface area contributed by atoms with E-state index < -0.39 is 0 Å². The molecule has 4 nitrogen and oxygen atoms in total. The molecular weight excluding hydrogens is 188 g/mol. The number of nitrogens with two attached hydrogens (primary N) is 1. The predicted octanol–water partition coefficient (Wildman–Crippen LogP) is 1.63. The van der Waals surface area contributed by atoms with Crippen molar-refractivity contribution in [1.82, 2.24) is 14.8 Å². The van der Waals surface area contributed by atoms with Crippen molar-refractivity contribution in [2.24, 2.45) is 7.05 Å². The van der Waals surface area contributed by atoms with Crippen LogP contribution in [-0.2, 0) is 13.5 Å². The second kappa shape index (κ2) is 3.73. The maximum absolute atomic E-state index is 5.54. The average molecular weight is 202 g/mol. The zero-order valence-electron chi connectivity index (χ0n) is 8.94. The molecule has 0 amide bonds. The number of hydrogen-bond donors (Lipinski definition) is 1. The van der Waals surface area contributed by atoms with Crippen molar-refractivity contribution in [3.8, 4) is 11.4 Å². The van der Waals surface area contributed by atoms with Crippen molar-refractivity contribution in [3.63, 3.8) is 0 Å². The number of anilines is 1. The highest BCUT2D eigenvalue weighted by Gasteiger charge is 2.07. The molecule has 78 valence electrons. The predicted molar refractivity (Wildman–Crippen MR) is 60.2 cm³/mol. The Labute approximate surface area is 88.8 Å². The minimum absolute atomic E-state index is 0.314. The van der Waals surface area contributed by atoms with Crippen LogP contribution in [0.2, 0.25) is 0 Å². The van der Waals surface area contributed by atoms with Gasteiger partial charge in [0.05, 0.1) is 0 Å². The Morgan fingerprint density at radius 3 is 2.80 bits per heavy atom. The first-order valence-electron chi connectivity index (χ1n) is 4.96. The lowest BCUT2D eigenvalue weighted by atomic mass is 10.1. The molecule has 1 aromatic heterocycles. The molecule has 2 N–H and O–H groups in total. The van der Waals surface area contributed by atoms with Gasteiger partial charge < -0.3 is 5.73 Å². The molecule has 0 aliphatic heterocycles. The molecule has 0 saturated heterocycles. The molecule has 0 fully saturated rings. The molecular formula is C11H14N4. The average Bonchev–Trinajstić information content (AvgIpc) is 2.58. The summed E-state index contributed by atoms with van der Waals surface area (Å²) in [7, 11) is 1.84. The van der Waals surface area contributed by atoms with Crippen LogP contribution in [0.3, 0.4) is 0 Å². The molecule has 1 heterocycles. The molecule has 4 heteroatoms. The van der Waals surface area contributed by atoms with E-state index in [1.807, 2.05) is 19.2 Å². The summed E-state index contributed by atoms with van der Waals surface area (Å²) >= 11 is 0. The van der Waals surface area contributed by atoms with Gasteiger partial charge >= 0.3 is 0 Å². The molecule has 0 unspecified atom stereocenters. The van der Waals surface area contributed by atoms with Crippen molar-refractivity contribution >= 4 is 5.95 Å². The summed E-state index contributed by atoms with van der Waals surface area (Å²) in [6.45, 7) is 2.13. The van der Waals surface area contributed by atoms with Gasteiger partial charge in [0.15, 0.2) is 5.82 Å². The number of hydrogen-bond acceptors (Lipinski definition) is 3. The van der Waals surface area contributed by atoms with Crippen LogP contribution in [0.25, 0.3) is 11.4 Å². The molecule has 0 bridgehead atoms. The summed E-state index contributed by atoms with van der Waals surface area (Å²) in [6, 6.07) is 8.26. The third kappa shape index (κ3) is 1.83. The first-order valence-corrected chi connectivity index (χ1v) is 4.96. The van der Waals surface area contributed by atoms with E-state index in [-0.39, 0.29) is 0 Å². The molecule has 0 radical (unpaired) electrons. The van der Waals surface area contributed by atoms with Crippen molar-refractivity contribution in [1.29, 1.82) is 0 Å². The Balaban J connectivity index is 2.49. The van der Waals surface area contributed by atoms with Gasteiger partial charge in [-0.05, 0) is 18.1 Å². The number of nitrogen functional groups attached to an aromatic ring is 1. The van der Waals surface area contributed by atoms with Crippen LogP contribution in [0.4, 0.5) is 5.95 Å². The number of aryl methyl sites for hydroxylation is 2. The molecule has 0 saturated carbocycles. The van der Waals surface area contributed by atoms with Crippen LogP contribution in [0, 0.1) is 0 Å². The fourth-order valence-electron chi connectivity index (χ4n) is 1.59. The second-order valence-corrected chi connectivity index (χ2v) is 3.47. The van der Waals surface area contributed by atoms with E-state index in [1.54, 1.807) is 4.68 Å². The summed E-state index contributed by atoms with van der Waals surface area (Å²) in [5.41, 5.74) is 7.89. The Kier molecular flexibility index (Phi) is 2.41. The number of nitrogens with zero attached hydrogens (tertiary/aromatic N) is 3. The quantitative estimate of drug-likeness (QED) is 0.805. The van der Waals surface area contributed by atoms with Gasteiger partial charge in [-0.3, -0.25) is 0 Å². The van der Waals surface area contributed by atoms with Gasteiger partial charge in [-0.2, -0.15) is 4.98 Å². The normalized spacial score (nSPS) is 10.5. The Morgan fingerprint density at radius 1 is 1.40 bits per heavy atom. The fraction of sp³-hybridized carbons (Fsp3) is 0.273. The monoisotopic (exact) mass is 202 g/mol. The first kappa shape index (κ1) is 9.71. The van der Waals surface area contributed by atoms with Crippen LogP contribution >= 0.6 is 0 Å². The minimum atomic E-state index is 0.314. The van der Waals surface area contributed by atoms with E-state index >= 15 is 0 Å². The summed E-state index contributed by atoms with van der Waals surface area (Å²) < 4.78 is 1.70. The third-order valence-corrected chi connectivity index (χ3v) is 2.37. The lowest BCUT2D eigenvalue weighted by molar-refractivity contribution is 0.778. The van der Waals surface area contributed by atoms with Crippen molar-refractivity contribution in [2.75, 3.05) is 5.73 Å². The SMILES string of the molecule is CCc1cccc(-c2nc(N)nn2C)c1. The van der Waals surface area contributed by atoms with Gasteiger partial charge in [0, 0.05) is 12.6 Å². The molecule has 0 spiro atoms. The van der Waals surface area contributed by atoms with E-state index in [0.29, 0.717) is 5.95 Å². The lowest BCUT2D eigenvalue weighted by Gasteiger charge is -2.02. The van der Waals surface area contributed by atoms with Crippen LogP contribution in [-0.4, -0.2) is 14.8 Å². The highest BCUT2D eigenvalue weighted by Crippen LogP contribution is 2.18. The fourth-order valence-corrected chi connectivity index (χ4v) is 1.59. The van der Waals surface area contributed by atoms with Crippen molar-refractivity contribution in [2.45, 2.75) is 13.3 Å². The Bertz CT molecular complexity index is 473. The molecule has 15 heavy (non-hydrogen) atoms. The van der Waals surface area contributed by atoms with Crippen molar-refractivity contribution in [3.05, 3.63) is 29.8 Å². The van der Waals surface area contributed by atoms with Crippen molar-refractivity contribution < 1.29 is 0 Å². The zero-order valence-corrected chi connectivity index (χ0v) is 8.94. The maximum Gasteiger partial charge on any atom is 0.240 e. The molecule has 2 aromatic rings. The standard InChI is InChI=1S/C11H14N4/c1-3-8-5-4-6-9(7-8)10-13-11(12)14-15(10)2/h4-7H,3H2,1-2H3,(H2,12,14). The van der Waals surface area contributed by atoms with Gasteiger partial charge in [0.25, 0.3) is 0 Å². The van der Waals surface area contributed by atoms with Crippen LogP contribution in [0.15, 0.2) is 24.3 Å². The molecule has 1 aromatic carbocycles. The summed E-state index contributed by atoms with van der Waals surface area (Å²) in [5.74, 6) is 1.12. The van der Waals surface area contributed by atoms with Crippen LogP contribution < -0.4 is 5.73 Å². The highest BCUT2D eigenvalue weighted by atomic mass is 15.4. The molecule has 0 aliphatic carbocycles. The lowest BCUT2D eigenvalue weighted by Crippen LogP contribution is -1.95. The summed E-state index contributed by atoms with van der Waals surface area (Å²) in [6.07, 6.45) is 1.02. The van der Waals surface area contributed by atoms with E-state index in [4.69, 9.17) is 5.73 Å². The topological polar surface area (TPSA) is 56.7 Å². The van der Waals surface area contributed by atoms with Gasteiger partial charge in [-0.1, -0.05) is 25.1 Å². The highest BCUT2D eigenvalue weighted by molar-refractivity contribution is 5.57. The number of rotatable bonds is 2. The zero-order chi connectivity index (χ0) is 10.8. The number of aromatic nitrogens is 3. The number of benzene rings is 1. The Morgan fingerprint density at radius 2 is 2.20 bits per heavy atom. The van der Waals surface area contributed by atoms with E-state index in [1.165, 1.54) is 5.56 Å². The smallest absolute Gasteiger partial charge is 0.240 e. The Hall–Kier alpha value is -1.84. The maximum atomic E-state index is 5.54. The third-order valence-electron chi connectivity index (χ3n) is 2.37. The van der Waals surface area contributed by atoms with Gasteiger partial charge in [-0.15, -0.1) is 5.10 Å². The van der Waals surface area contributed by atoms with Crippen LogP contribution in [0.1, 0.15) is 12.5 Å². The summed E-state index contributed by atoms with van der Waals surface area (Å²) in [4.78, 5) is 4.19. The van der Waals surface area contributed by atoms with Crippen LogP contribution in [0.5, 0.6) is 0 Å². The van der Waals surface area contributed by atoms with E-state index in [2.05, 4.69) is 29.1 Å². The van der Waals surface area contributed by atoms with Gasteiger partial charge in [0.1, 0.15) is 0 Å². The first-order chi connectivity index (χ1) is 7.20. The second-order valence-electron chi connectivity index (χ2n) is 3.47. The molecule has 0 atom stereocenters. The molecule has 0 aliphatic rings.